The maximum atomic E-state index is 12.9. The molecule has 24 heavy (non-hydrogen) atoms. The number of nitrogens with one attached hydrogen (secondary N) is 1. The Morgan fingerprint density at radius 2 is 2.21 bits per heavy atom. The Hall–Kier alpha value is -2.90. The second kappa shape index (κ2) is 5.63. The molecule has 1 saturated heterocycles. The van der Waals surface area contributed by atoms with Gasteiger partial charge in [-0.2, -0.15) is 5.10 Å². The van der Waals surface area contributed by atoms with Gasteiger partial charge in [-0.05, 0) is 25.3 Å². The van der Waals surface area contributed by atoms with Crippen molar-refractivity contribution in [1.29, 1.82) is 0 Å². The Morgan fingerprint density at radius 3 is 3.00 bits per heavy atom. The van der Waals surface area contributed by atoms with Crippen LogP contribution in [0.5, 0.6) is 0 Å². The van der Waals surface area contributed by atoms with E-state index < -0.39 is 0 Å². The zero-order valence-electron chi connectivity index (χ0n) is 13.3. The van der Waals surface area contributed by atoms with E-state index in [-0.39, 0.29) is 17.5 Å². The molecule has 0 spiro atoms. The first kappa shape index (κ1) is 14.7. The van der Waals surface area contributed by atoms with Gasteiger partial charge in [-0.25, -0.2) is 4.98 Å². The summed E-state index contributed by atoms with van der Waals surface area (Å²) in [7, 11) is 1.75. The Balaban J connectivity index is 1.74. The van der Waals surface area contributed by atoms with E-state index in [9.17, 15) is 9.59 Å². The number of aromatic nitrogens is 5. The number of aromatic amines is 1. The first-order valence-electron chi connectivity index (χ1n) is 8.00. The van der Waals surface area contributed by atoms with Crippen molar-refractivity contribution < 1.29 is 4.79 Å². The number of amides is 1. The molecular weight excluding hydrogens is 308 g/mol. The number of carbonyl (C=O) groups excluding carboxylic acids is 1. The zero-order chi connectivity index (χ0) is 16.7. The van der Waals surface area contributed by atoms with Crippen LogP contribution in [0.25, 0.3) is 5.78 Å². The van der Waals surface area contributed by atoms with Gasteiger partial charge in [0, 0.05) is 43.9 Å². The molecule has 1 aliphatic heterocycles. The summed E-state index contributed by atoms with van der Waals surface area (Å²) in [4.78, 5) is 34.3. The van der Waals surface area contributed by atoms with Gasteiger partial charge < -0.3 is 9.88 Å². The van der Waals surface area contributed by atoms with Crippen LogP contribution in [-0.4, -0.2) is 41.5 Å². The minimum atomic E-state index is -0.157. The molecule has 0 aromatic carbocycles. The second-order valence-corrected chi connectivity index (χ2v) is 6.03. The standard InChI is InChI=1S/C16H18N6O2/c1-20-13(5-6-18-20)15(24)21-8-3-2-4-12(21)11-10-14(23)22-9-7-17-16(22)19-11/h5-7,9-10,12H,2-4,8H2,1H3,(H,17,19)/t12-/m1/s1. The van der Waals surface area contributed by atoms with Crippen molar-refractivity contribution in [2.24, 2.45) is 7.05 Å². The van der Waals surface area contributed by atoms with Crippen molar-refractivity contribution in [2.75, 3.05) is 6.54 Å². The Kier molecular flexibility index (Phi) is 3.44. The summed E-state index contributed by atoms with van der Waals surface area (Å²) in [6.07, 6.45) is 7.60. The van der Waals surface area contributed by atoms with Gasteiger partial charge in [-0.15, -0.1) is 0 Å². The number of rotatable bonds is 2. The van der Waals surface area contributed by atoms with E-state index in [4.69, 9.17) is 0 Å². The Bertz CT molecular complexity index is 953. The lowest BCUT2D eigenvalue weighted by molar-refractivity contribution is 0.0594. The fraction of sp³-hybridized carbons (Fsp3) is 0.375. The fourth-order valence-corrected chi connectivity index (χ4v) is 3.35. The lowest BCUT2D eigenvalue weighted by Gasteiger charge is -2.35. The van der Waals surface area contributed by atoms with Crippen LogP contribution in [-0.2, 0) is 7.05 Å². The van der Waals surface area contributed by atoms with Crippen molar-refractivity contribution >= 4 is 11.7 Å². The van der Waals surface area contributed by atoms with Crippen LogP contribution in [0.1, 0.15) is 41.5 Å². The molecular formula is C16H18N6O2. The number of piperidine rings is 1. The molecule has 1 fully saturated rings. The molecule has 1 amide bonds. The smallest absolute Gasteiger partial charge is 0.272 e. The number of nitrogens with zero attached hydrogens (tertiary/aromatic N) is 5. The highest BCUT2D eigenvalue weighted by Gasteiger charge is 2.31. The van der Waals surface area contributed by atoms with Crippen LogP contribution in [0.2, 0.25) is 0 Å². The number of aryl methyl sites for hydroxylation is 1. The van der Waals surface area contributed by atoms with Crippen molar-refractivity contribution in [2.45, 2.75) is 25.3 Å². The number of hydrogen-bond donors (Lipinski definition) is 1. The summed E-state index contributed by atoms with van der Waals surface area (Å²) in [5.74, 6) is 0.430. The van der Waals surface area contributed by atoms with Crippen molar-refractivity contribution in [3.8, 4) is 0 Å². The minimum absolute atomic E-state index is 0.0660. The van der Waals surface area contributed by atoms with Crippen molar-refractivity contribution in [3.05, 3.63) is 52.5 Å². The lowest BCUT2D eigenvalue weighted by Crippen LogP contribution is -2.40. The molecule has 124 valence electrons. The average molecular weight is 326 g/mol. The fourth-order valence-electron chi connectivity index (χ4n) is 3.35. The minimum Gasteiger partial charge on any atom is -0.329 e. The van der Waals surface area contributed by atoms with Crippen LogP contribution in [0.15, 0.2) is 35.5 Å². The number of hydrogen-bond acceptors (Lipinski definition) is 4. The zero-order valence-corrected chi connectivity index (χ0v) is 13.3. The van der Waals surface area contributed by atoms with Gasteiger partial charge in [0.1, 0.15) is 5.69 Å². The highest BCUT2D eigenvalue weighted by Crippen LogP contribution is 2.30. The summed E-state index contributed by atoms with van der Waals surface area (Å²) in [6.45, 7) is 0.663. The first-order valence-corrected chi connectivity index (χ1v) is 8.00. The van der Waals surface area contributed by atoms with Crippen LogP contribution in [0, 0.1) is 0 Å². The molecule has 3 aromatic heterocycles. The van der Waals surface area contributed by atoms with E-state index in [0.29, 0.717) is 18.0 Å². The van der Waals surface area contributed by atoms with Gasteiger partial charge in [-0.1, -0.05) is 0 Å². The molecule has 0 aliphatic carbocycles. The predicted octanol–water partition coefficient (Wildman–Crippen LogP) is 1.12. The van der Waals surface area contributed by atoms with Crippen molar-refractivity contribution in [1.82, 2.24) is 29.0 Å². The van der Waals surface area contributed by atoms with Gasteiger partial charge in [0.05, 0.1) is 6.04 Å². The number of imidazole rings is 1. The predicted molar refractivity (Wildman–Crippen MR) is 86.6 cm³/mol. The van der Waals surface area contributed by atoms with E-state index in [0.717, 1.165) is 25.0 Å². The van der Waals surface area contributed by atoms with Crippen molar-refractivity contribution in [3.63, 3.8) is 0 Å². The number of fused-ring (bicyclic) bond motifs is 1. The van der Waals surface area contributed by atoms with Gasteiger partial charge in [0.15, 0.2) is 0 Å². The van der Waals surface area contributed by atoms with Crippen LogP contribution in [0.4, 0.5) is 0 Å². The summed E-state index contributed by atoms with van der Waals surface area (Å²) in [5, 5.41) is 4.08. The largest absolute Gasteiger partial charge is 0.329 e. The van der Waals surface area contributed by atoms with E-state index in [1.54, 1.807) is 42.5 Å². The van der Waals surface area contributed by atoms with Crippen LogP contribution in [0.3, 0.4) is 0 Å². The molecule has 0 radical (unpaired) electrons. The van der Waals surface area contributed by atoms with E-state index in [1.807, 2.05) is 4.90 Å². The monoisotopic (exact) mass is 326 g/mol. The molecule has 8 nitrogen and oxygen atoms in total. The second-order valence-electron chi connectivity index (χ2n) is 6.03. The van der Waals surface area contributed by atoms with Gasteiger partial charge >= 0.3 is 0 Å². The number of carbonyl (C=O) groups is 1. The summed E-state index contributed by atoms with van der Waals surface area (Å²) in [6, 6.07) is 3.12. The molecule has 3 aromatic rings. The first-order chi connectivity index (χ1) is 11.6. The van der Waals surface area contributed by atoms with E-state index in [2.05, 4.69) is 15.1 Å². The SMILES string of the molecule is Cn1nccc1C(=O)N1CCCC[C@@H]1c1cc(=O)n2ccnc2[nH]1. The van der Waals surface area contributed by atoms with Crippen LogP contribution < -0.4 is 5.56 Å². The quantitative estimate of drug-likeness (QED) is 0.764. The summed E-state index contributed by atoms with van der Waals surface area (Å²) in [5.41, 5.74) is 1.13. The molecule has 4 rings (SSSR count). The third kappa shape index (κ3) is 2.31. The Labute approximate surface area is 137 Å². The summed E-state index contributed by atoms with van der Waals surface area (Å²) >= 11 is 0. The molecule has 0 unspecified atom stereocenters. The molecule has 4 heterocycles. The normalized spacial score (nSPS) is 18.2. The topological polar surface area (TPSA) is 88.3 Å². The molecule has 0 saturated carbocycles. The van der Waals surface area contributed by atoms with Gasteiger partial charge in [0.2, 0.25) is 5.78 Å². The van der Waals surface area contributed by atoms with Gasteiger partial charge in [-0.3, -0.25) is 18.7 Å². The average Bonchev–Trinajstić information content (AvgIpc) is 3.23. The van der Waals surface area contributed by atoms with Crippen LogP contribution >= 0.6 is 0 Å². The molecule has 1 N–H and O–H groups in total. The third-order valence-corrected chi connectivity index (χ3v) is 4.58. The molecule has 0 bridgehead atoms. The maximum Gasteiger partial charge on any atom is 0.272 e. The highest BCUT2D eigenvalue weighted by molar-refractivity contribution is 5.92. The molecule has 1 aliphatic rings. The summed E-state index contributed by atoms with van der Waals surface area (Å²) < 4.78 is 3.04. The Morgan fingerprint density at radius 1 is 1.33 bits per heavy atom. The van der Waals surface area contributed by atoms with E-state index in [1.165, 1.54) is 4.40 Å². The molecule has 8 heteroatoms. The lowest BCUT2D eigenvalue weighted by atomic mass is 9.98. The van der Waals surface area contributed by atoms with Gasteiger partial charge in [0.25, 0.3) is 11.5 Å². The number of H-pyrrole nitrogens is 1. The third-order valence-electron chi connectivity index (χ3n) is 4.58. The highest BCUT2D eigenvalue weighted by atomic mass is 16.2. The number of likely N-dealkylation sites (tertiary alicyclic amines) is 1. The van der Waals surface area contributed by atoms with E-state index >= 15 is 0 Å². The molecule has 1 atom stereocenters. The maximum absolute atomic E-state index is 12.9.